The minimum Gasteiger partial charge on any atom is -0.369 e. The summed E-state index contributed by atoms with van der Waals surface area (Å²) in [5.74, 6) is -1.80. The largest absolute Gasteiger partial charge is 0.369 e. The average Bonchev–Trinajstić information content (AvgIpc) is 2.90. The molecular weight excluding hydrogens is 304 g/mol. The van der Waals surface area contributed by atoms with Gasteiger partial charge >= 0.3 is 0 Å². The van der Waals surface area contributed by atoms with Gasteiger partial charge in [-0.05, 0) is 29.8 Å². The molecule has 0 aliphatic rings. The topological polar surface area (TPSA) is 78.0 Å². The number of amides is 1. The Labute approximate surface area is 129 Å². The standard InChI is InChI=1S/C16H11F2N3O2/c17-12-3-10(5-15(19)23)16-11(4-12)7-21(20-16)13-2-1-9(8-22)14(18)6-13/h1-4,6-8H,5H2,(H2,19,23). The first-order valence-corrected chi connectivity index (χ1v) is 6.69. The minimum absolute atomic E-state index is 0.0640. The Bertz CT molecular complexity index is 934. The van der Waals surface area contributed by atoms with E-state index in [-0.39, 0.29) is 12.0 Å². The summed E-state index contributed by atoms with van der Waals surface area (Å²) >= 11 is 0. The van der Waals surface area contributed by atoms with E-state index in [0.717, 1.165) is 6.07 Å². The summed E-state index contributed by atoms with van der Waals surface area (Å²) < 4.78 is 28.7. The zero-order chi connectivity index (χ0) is 16.6. The van der Waals surface area contributed by atoms with Crippen molar-refractivity contribution in [2.45, 2.75) is 6.42 Å². The van der Waals surface area contributed by atoms with Crippen molar-refractivity contribution in [1.82, 2.24) is 9.78 Å². The second kappa shape index (κ2) is 5.60. The van der Waals surface area contributed by atoms with Crippen molar-refractivity contribution >= 4 is 23.1 Å². The zero-order valence-corrected chi connectivity index (χ0v) is 11.8. The quantitative estimate of drug-likeness (QED) is 0.749. The summed E-state index contributed by atoms with van der Waals surface area (Å²) in [6, 6.07) is 6.46. The van der Waals surface area contributed by atoms with Crippen molar-refractivity contribution < 1.29 is 18.4 Å². The summed E-state index contributed by atoms with van der Waals surface area (Å²) in [5.41, 5.74) is 6.23. The van der Waals surface area contributed by atoms with Crippen molar-refractivity contribution in [2.24, 2.45) is 5.73 Å². The molecule has 0 saturated heterocycles. The van der Waals surface area contributed by atoms with Crippen LogP contribution in [0.4, 0.5) is 8.78 Å². The van der Waals surface area contributed by atoms with E-state index in [1.54, 1.807) is 0 Å². The third kappa shape index (κ3) is 2.80. The second-order valence-corrected chi connectivity index (χ2v) is 5.04. The third-order valence-electron chi connectivity index (χ3n) is 3.39. The number of nitrogens with zero attached hydrogens (tertiary/aromatic N) is 2. The molecule has 0 atom stereocenters. The molecule has 0 aliphatic carbocycles. The predicted molar refractivity (Wildman–Crippen MR) is 79.3 cm³/mol. The number of aromatic nitrogens is 2. The van der Waals surface area contributed by atoms with Crippen molar-refractivity contribution in [3.05, 3.63) is 59.3 Å². The maximum atomic E-state index is 13.7. The Balaban J connectivity index is 2.14. The molecule has 116 valence electrons. The molecule has 1 amide bonds. The number of carbonyl (C=O) groups is 2. The fraction of sp³-hybridized carbons (Fsp3) is 0.0625. The van der Waals surface area contributed by atoms with E-state index in [9.17, 15) is 18.4 Å². The number of carbonyl (C=O) groups excluding carboxylic acids is 2. The highest BCUT2D eigenvalue weighted by Gasteiger charge is 2.12. The zero-order valence-electron chi connectivity index (χ0n) is 11.8. The molecule has 23 heavy (non-hydrogen) atoms. The Hall–Kier alpha value is -3.09. The van der Waals surface area contributed by atoms with Gasteiger partial charge in [0.25, 0.3) is 0 Å². The summed E-state index contributed by atoms with van der Waals surface area (Å²) in [4.78, 5) is 21.8. The maximum absolute atomic E-state index is 13.7. The van der Waals surface area contributed by atoms with E-state index in [1.165, 1.54) is 35.1 Å². The van der Waals surface area contributed by atoms with Gasteiger partial charge in [0.1, 0.15) is 11.6 Å². The van der Waals surface area contributed by atoms with Crippen LogP contribution in [0.3, 0.4) is 0 Å². The number of hydrogen-bond acceptors (Lipinski definition) is 3. The highest BCUT2D eigenvalue weighted by Crippen LogP contribution is 2.22. The lowest BCUT2D eigenvalue weighted by Crippen LogP contribution is -2.14. The maximum Gasteiger partial charge on any atom is 0.221 e. The van der Waals surface area contributed by atoms with Crippen LogP contribution in [0.1, 0.15) is 15.9 Å². The van der Waals surface area contributed by atoms with E-state index in [0.29, 0.717) is 28.4 Å². The Morgan fingerprint density at radius 3 is 2.70 bits per heavy atom. The highest BCUT2D eigenvalue weighted by molar-refractivity contribution is 5.87. The SMILES string of the molecule is NC(=O)Cc1cc(F)cc2cn(-c3ccc(C=O)c(F)c3)nc12. The Kier molecular flexibility index (Phi) is 3.61. The molecule has 5 nitrogen and oxygen atoms in total. The van der Waals surface area contributed by atoms with Crippen molar-refractivity contribution in [2.75, 3.05) is 0 Å². The molecule has 0 saturated carbocycles. The number of halogens is 2. The normalized spacial score (nSPS) is 10.9. The van der Waals surface area contributed by atoms with Gasteiger partial charge in [0.2, 0.25) is 5.91 Å². The lowest BCUT2D eigenvalue weighted by Gasteiger charge is -2.02. The van der Waals surface area contributed by atoms with Gasteiger partial charge in [-0.25, -0.2) is 13.5 Å². The molecule has 3 rings (SSSR count). The molecule has 2 aromatic carbocycles. The second-order valence-electron chi connectivity index (χ2n) is 5.04. The molecule has 0 unspecified atom stereocenters. The Morgan fingerprint density at radius 2 is 2.04 bits per heavy atom. The molecule has 1 heterocycles. The number of primary amides is 1. The lowest BCUT2D eigenvalue weighted by atomic mass is 10.1. The summed E-state index contributed by atoms with van der Waals surface area (Å²) in [6.07, 6.45) is 1.78. The molecule has 0 radical (unpaired) electrons. The van der Waals surface area contributed by atoms with Gasteiger partial charge in [0.15, 0.2) is 6.29 Å². The van der Waals surface area contributed by atoms with Gasteiger partial charge in [-0.3, -0.25) is 9.59 Å². The van der Waals surface area contributed by atoms with Crippen LogP contribution in [0.5, 0.6) is 0 Å². The number of rotatable bonds is 4. The van der Waals surface area contributed by atoms with Gasteiger partial charge in [-0.15, -0.1) is 0 Å². The van der Waals surface area contributed by atoms with Gasteiger partial charge < -0.3 is 5.73 Å². The van der Waals surface area contributed by atoms with Gasteiger partial charge in [-0.1, -0.05) is 0 Å². The van der Waals surface area contributed by atoms with Crippen LogP contribution in [-0.2, 0) is 11.2 Å². The minimum atomic E-state index is -0.680. The van der Waals surface area contributed by atoms with Gasteiger partial charge in [-0.2, -0.15) is 5.10 Å². The molecule has 0 aliphatic heterocycles. The smallest absolute Gasteiger partial charge is 0.221 e. The van der Waals surface area contributed by atoms with Crippen molar-refractivity contribution in [1.29, 1.82) is 0 Å². The first-order valence-electron chi connectivity index (χ1n) is 6.69. The molecule has 7 heteroatoms. The van der Waals surface area contributed by atoms with Crippen LogP contribution in [0.25, 0.3) is 16.6 Å². The van der Waals surface area contributed by atoms with Crippen LogP contribution in [0, 0.1) is 11.6 Å². The molecular formula is C16H11F2N3O2. The number of fused-ring (bicyclic) bond motifs is 1. The van der Waals surface area contributed by atoms with Crippen LogP contribution >= 0.6 is 0 Å². The summed E-state index contributed by atoms with van der Waals surface area (Å²) in [6.45, 7) is 0. The van der Waals surface area contributed by atoms with E-state index in [1.807, 2.05) is 0 Å². The number of aldehydes is 1. The third-order valence-corrected chi connectivity index (χ3v) is 3.39. The molecule has 0 fully saturated rings. The van der Waals surface area contributed by atoms with Gasteiger partial charge in [0.05, 0.1) is 23.2 Å². The van der Waals surface area contributed by atoms with Gasteiger partial charge in [0, 0.05) is 17.6 Å². The molecule has 3 aromatic rings. The summed E-state index contributed by atoms with van der Waals surface area (Å²) in [5, 5.41) is 4.72. The van der Waals surface area contributed by atoms with E-state index in [4.69, 9.17) is 5.73 Å². The van der Waals surface area contributed by atoms with Crippen molar-refractivity contribution in [3.8, 4) is 5.69 Å². The monoisotopic (exact) mass is 315 g/mol. The highest BCUT2D eigenvalue weighted by atomic mass is 19.1. The van der Waals surface area contributed by atoms with Crippen LogP contribution in [0.2, 0.25) is 0 Å². The fourth-order valence-electron chi connectivity index (χ4n) is 2.38. The lowest BCUT2D eigenvalue weighted by molar-refractivity contribution is -0.117. The molecule has 0 spiro atoms. The first-order chi connectivity index (χ1) is 11.0. The average molecular weight is 315 g/mol. The summed E-state index contributed by atoms with van der Waals surface area (Å²) in [7, 11) is 0. The van der Waals surface area contributed by atoms with E-state index < -0.39 is 17.5 Å². The number of nitrogens with two attached hydrogens (primary N) is 1. The van der Waals surface area contributed by atoms with E-state index >= 15 is 0 Å². The Morgan fingerprint density at radius 1 is 1.26 bits per heavy atom. The molecule has 1 aromatic heterocycles. The molecule has 0 bridgehead atoms. The number of benzene rings is 2. The van der Waals surface area contributed by atoms with Crippen molar-refractivity contribution in [3.63, 3.8) is 0 Å². The number of hydrogen-bond donors (Lipinski definition) is 1. The van der Waals surface area contributed by atoms with Crippen LogP contribution in [-0.4, -0.2) is 22.0 Å². The first kappa shape index (κ1) is 14.8. The van der Waals surface area contributed by atoms with E-state index in [2.05, 4.69) is 5.10 Å². The fourth-order valence-corrected chi connectivity index (χ4v) is 2.38. The van der Waals surface area contributed by atoms with Crippen LogP contribution < -0.4 is 5.73 Å². The van der Waals surface area contributed by atoms with Crippen LogP contribution in [0.15, 0.2) is 36.5 Å². The predicted octanol–water partition coefficient (Wildman–Crippen LogP) is 2.14. The molecule has 2 N–H and O–H groups in total.